The van der Waals surface area contributed by atoms with E-state index < -0.39 is 0 Å². The zero-order chi connectivity index (χ0) is 22.2. The first kappa shape index (κ1) is 18.5. The standard InChI is InChI=1S/C31H22N2/c1-31(2)26-11-3-9-22-24(19-7-5-13-32-17-19)15-21-16-25(20-8-6-14-33-18-20)23-10-4-12-27(31)30(23)28(21)29(22)26/h3-18H,1-2H3. The largest absolute Gasteiger partial charge is 0.264 e. The maximum absolute atomic E-state index is 4.42. The van der Waals surface area contributed by atoms with Gasteiger partial charge in [0.1, 0.15) is 0 Å². The van der Waals surface area contributed by atoms with Gasteiger partial charge in [-0.1, -0.05) is 62.4 Å². The summed E-state index contributed by atoms with van der Waals surface area (Å²) in [5.74, 6) is 0. The van der Waals surface area contributed by atoms with E-state index >= 15 is 0 Å². The van der Waals surface area contributed by atoms with Crippen LogP contribution >= 0.6 is 0 Å². The number of pyridine rings is 2. The first-order valence-corrected chi connectivity index (χ1v) is 11.4. The number of hydrogen-bond donors (Lipinski definition) is 0. The van der Waals surface area contributed by atoms with Crippen LogP contribution in [0.4, 0.5) is 0 Å². The molecule has 0 radical (unpaired) electrons. The quantitative estimate of drug-likeness (QED) is 0.265. The van der Waals surface area contributed by atoms with Crippen LogP contribution in [0.25, 0.3) is 54.6 Å². The smallest absolute Gasteiger partial charge is 0.0346 e. The van der Waals surface area contributed by atoms with E-state index in [-0.39, 0.29) is 5.41 Å². The highest BCUT2D eigenvalue weighted by atomic mass is 14.6. The van der Waals surface area contributed by atoms with Crippen molar-refractivity contribution in [3.05, 3.63) is 109 Å². The van der Waals surface area contributed by atoms with Crippen LogP contribution in [0, 0.1) is 0 Å². The minimum Gasteiger partial charge on any atom is -0.264 e. The predicted octanol–water partition coefficient (Wildman–Crippen LogP) is 7.91. The Hall–Kier alpha value is -4.04. The van der Waals surface area contributed by atoms with Crippen molar-refractivity contribution in [2.45, 2.75) is 19.3 Å². The van der Waals surface area contributed by atoms with Gasteiger partial charge < -0.3 is 0 Å². The Kier molecular flexibility index (Phi) is 3.64. The Balaban J connectivity index is 1.77. The maximum Gasteiger partial charge on any atom is 0.0346 e. The molecule has 0 atom stereocenters. The molecular weight excluding hydrogens is 400 g/mol. The van der Waals surface area contributed by atoms with Gasteiger partial charge in [0.05, 0.1) is 0 Å². The lowest BCUT2D eigenvalue weighted by Gasteiger charge is -2.35. The Morgan fingerprint density at radius 2 is 1.09 bits per heavy atom. The molecule has 0 saturated heterocycles. The molecule has 0 saturated carbocycles. The van der Waals surface area contributed by atoms with Gasteiger partial charge in [-0.3, -0.25) is 9.97 Å². The Morgan fingerprint density at radius 3 is 1.55 bits per heavy atom. The van der Waals surface area contributed by atoms with E-state index in [9.17, 15) is 0 Å². The van der Waals surface area contributed by atoms with Crippen molar-refractivity contribution in [2.24, 2.45) is 0 Å². The summed E-state index contributed by atoms with van der Waals surface area (Å²) in [6, 6.07) is 26.6. The van der Waals surface area contributed by atoms with Crippen LogP contribution in [0.3, 0.4) is 0 Å². The van der Waals surface area contributed by atoms with Crippen molar-refractivity contribution in [1.29, 1.82) is 0 Å². The molecule has 1 aliphatic carbocycles. The summed E-state index contributed by atoms with van der Waals surface area (Å²) in [7, 11) is 0. The molecule has 2 heterocycles. The van der Waals surface area contributed by atoms with E-state index in [4.69, 9.17) is 0 Å². The average Bonchev–Trinajstić information content (AvgIpc) is 2.87. The van der Waals surface area contributed by atoms with Crippen molar-refractivity contribution < 1.29 is 0 Å². The lowest BCUT2D eigenvalue weighted by Crippen LogP contribution is -2.22. The van der Waals surface area contributed by atoms with Gasteiger partial charge in [-0.2, -0.15) is 0 Å². The van der Waals surface area contributed by atoms with Crippen LogP contribution in [0.15, 0.2) is 97.6 Å². The minimum atomic E-state index is -0.0972. The molecule has 0 N–H and O–H groups in total. The number of nitrogens with zero attached hydrogens (tertiary/aromatic N) is 2. The fourth-order valence-corrected chi connectivity index (χ4v) is 5.87. The van der Waals surface area contributed by atoms with Gasteiger partial charge in [0.2, 0.25) is 0 Å². The molecule has 2 aromatic heterocycles. The van der Waals surface area contributed by atoms with E-state index in [1.54, 1.807) is 0 Å². The molecule has 6 aromatic rings. The molecule has 0 spiro atoms. The number of aromatic nitrogens is 2. The molecule has 0 fully saturated rings. The molecule has 1 aliphatic rings. The first-order chi connectivity index (χ1) is 16.1. The molecule has 0 aliphatic heterocycles. The molecule has 33 heavy (non-hydrogen) atoms. The Bertz CT molecular complexity index is 1590. The van der Waals surface area contributed by atoms with Gasteiger partial charge in [0.15, 0.2) is 0 Å². The zero-order valence-corrected chi connectivity index (χ0v) is 18.6. The average molecular weight is 423 g/mol. The predicted molar refractivity (Wildman–Crippen MR) is 138 cm³/mol. The SMILES string of the molecule is CC1(C)c2cccc3c(-c4cccnc4)cc4cc(-c5cccnc5)c5cccc1c5c4c23. The lowest BCUT2D eigenvalue weighted by atomic mass is 9.68. The van der Waals surface area contributed by atoms with Crippen LogP contribution in [0.5, 0.6) is 0 Å². The third-order valence-electron chi connectivity index (χ3n) is 7.39. The van der Waals surface area contributed by atoms with E-state index in [1.807, 2.05) is 36.9 Å². The van der Waals surface area contributed by atoms with Gasteiger partial charge in [-0.15, -0.1) is 0 Å². The molecule has 156 valence electrons. The highest BCUT2D eigenvalue weighted by Crippen LogP contribution is 2.52. The summed E-state index contributed by atoms with van der Waals surface area (Å²) in [6.45, 7) is 4.72. The van der Waals surface area contributed by atoms with E-state index in [0.717, 1.165) is 11.1 Å². The molecule has 2 heteroatoms. The maximum atomic E-state index is 4.42. The molecule has 0 bridgehead atoms. The number of hydrogen-bond acceptors (Lipinski definition) is 2. The summed E-state index contributed by atoms with van der Waals surface area (Å²) >= 11 is 0. The van der Waals surface area contributed by atoms with E-state index in [0.29, 0.717) is 0 Å². The molecule has 7 rings (SSSR count). The summed E-state index contributed by atoms with van der Waals surface area (Å²) in [6.07, 6.45) is 7.62. The normalized spacial score (nSPS) is 14.0. The van der Waals surface area contributed by atoms with Gasteiger partial charge in [-0.25, -0.2) is 0 Å². The fourth-order valence-electron chi connectivity index (χ4n) is 5.87. The van der Waals surface area contributed by atoms with Crippen molar-refractivity contribution >= 4 is 32.3 Å². The number of benzene rings is 4. The topological polar surface area (TPSA) is 25.8 Å². The second kappa shape index (κ2) is 6.49. The zero-order valence-electron chi connectivity index (χ0n) is 18.6. The fraction of sp³-hybridized carbons (Fsp3) is 0.0968. The molecule has 0 amide bonds. The van der Waals surface area contributed by atoms with Crippen molar-refractivity contribution in [1.82, 2.24) is 9.97 Å². The van der Waals surface area contributed by atoms with Crippen LogP contribution < -0.4 is 0 Å². The third kappa shape index (κ3) is 2.44. The van der Waals surface area contributed by atoms with Crippen LogP contribution in [-0.2, 0) is 5.41 Å². The molecule has 4 aromatic carbocycles. The number of rotatable bonds is 2. The molecule has 2 nitrogen and oxygen atoms in total. The highest BCUT2D eigenvalue weighted by molar-refractivity contribution is 6.29. The van der Waals surface area contributed by atoms with Crippen molar-refractivity contribution in [3.63, 3.8) is 0 Å². The van der Waals surface area contributed by atoms with Gasteiger partial charge >= 0.3 is 0 Å². The second-order valence-corrected chi connectivity index (χ2v) is 9.51. The van der Waals surface area contributed by atoms with Gasteiger partial charge in [-0.05, 0) is 78.8 Å². The molecule has 0 unspecified atom stereocenters. The summed E-state index contributed by atoms with van der Waals surface area (Å²) in [4.78, 5) is 8.84. The Labute approximate surface area is 192 Å². The van der Waals surface area contributed by atoms with Gasteiger partial charge in [0.25, 0.3) is 0 Å². The summed E-state index contributed by atoms with van der Waals surface area (Å²) < 4.78 is 0. The monoisotopic (exact) mass is 422 g/mol. The van der Waals surface area contributed by atoms with Crippen LogP contribution in [-0.4, -0.2) is 9.97 Å². The lowest BCUT2D eigenvalue weighted by molar-refractivity contribution is 0.652. The second-order valence-electron chi connectivity index (χ2n) is 9.51. The van der Waals surface area contributed by atoms with E-state index in [1.165, 1.54) is 54.6 Å². The van der Waals surface area contributed by atoms with E-state index in [2.05, 4.69) is 84.5 Å². The van der Waals surface area contributed by atoms with Gasteiger partial charge in [0, 0.05) is 41.3 Å². The van der Waals surface area contributed by atoms with Crippen molar-refractivity contribution in [3.8, 4) is 22.3 Å². The molecular formula is C31H22N2. The minimum absolute atomic E-state index is 0.0972. The van der Waals surface area contributed by atoms with Crippen LogP contribution in [0.1, 0.15) is 25.0 Å². The third-order valence-corrected chi connectivity index (χ3v) is 7.39. The summed E-state index contributed by atoms with van der Waals surface area (Å²) in [5, 5.41) is 7.98. The van der Waals surface area contributed by atoms with Crippen LogP contribution in [0.2, 0.25) is 0 Å². The highest BCUT2D eigenvalue weighted by Gasteiger charge is 2.33. The van der Waals surface area contributed by atoms with Crippen molar-refractivity contribution in [2.75, 3.05) is 0 Å². The summed E-state index contributed by atoms with van der Waals surface area (Å²) in [5.41, 5.74) is 7.46. The first-order valence-electron chi connectivity index (χ1n) is 11.4. The Morgan fingerprint density at radius 1 is 0.576 bits per heavy atom.